The van der Waals surface area contributed by atoms with Crippen LogP contribution in [0.4, 0.5) is 0 Å². The Kier molecular flexibility index (Phi) is 9.95. The number of carbonyl (C=O) groups is 1. The number of nitrogens with two attached hydrogens (primary N) is 1. The highest BCUT2D eigenvalue weighted by Gasteiger charge is 2.34. The highest BCUT2D eigenvalue weighted by molar-refractivity contribution is 5.85. The lowest BCUT2D eigenvalue weighted by Crippen LogP contribution is -2.48. The Morgan fingerprint density at radius 2 is 1.91 bits per heavy atom. The van der Waals surface area contributed by atoms with Crippen molar-refractivity contribution in [1.82, 2.24) is 10.2 Å². The summed E-state index contributed by atoms with van der Waals surface area (Å²) in [5.74, 6) is 0.221. The van der Waals surface area contributed by atoms with E-state index in [1.54, 1.807) is 0 Å². The third-order valence-electron chi connectivity index (χ3n) is 5.46. The Bertz CT molecular complexity index is 335. The summed E-state index contributed by atoms with van der Waals surface area (Å²) < 4.78 is 0. The maximum absolute atomic E-state index is 12.4. The fourth-order valence-electron chi connectivity index (χ4n) is 3.79. The molecule has 1 saturated heterocycles. The molecule has 2 atom stereocenters. The molecule has 0 aromatic rings. The predicted octanol–water partition coefficient (Wildman–Crippen LogP) is 2.73. The van der Waals surface area contributed by atoms with Gasteiger partial charge in [0.05, 0.1) is 0 Å². The standard InChI is InChI=1S/C16H31N3O.2ClH/c1-13-10-14(6-9-19(13)2)18-15(20)11-16(12-17)7-4-3-5-8-16;;/h13-14H,3-12,17H2,1-2H3,(H,18,20);2*1H. The van der Waals surface area contributed by atoms with Crippen molar-refractivity contribution in [2.75, 3.05) is 20.1 Å². The van der Waals surface area contributed by atoms with Gasteiger partial charge in [0.15, 0.2) is 0 Å². The van der Waals surface area contributed by atoms with Crippen molar-refractivity contribution in [3.63, 3.8) is 0 Å². The highest BCUT2D eigenvalue weighted by Crippen LogP contribution is 2.38. The van der Waals surface area contributed by atoms with Gasteiger partial charge in [-0.3, -0.25) is 4.79 Å². The van der Waals surface area contributed by atoms with E-state index in [9.17, 15) is 4.79 Å². The Morgan fingerprint density at radius 1 is 1.27 bits per heavy atom. The van der Waals surface area contributed by atoms with Crippen molar-refractivity contribution in [1.29, 1.82) is 0 Å². The Hall–Kier alpha value is -0.0300. The topological polar surface area (TPSA) is 58.4 Å². The molecular weight excluding hydrogens is 321 g/mol. The molecule has 1 heterocycles. The number of hydrogen-bond donors (Lipinski definition) is 2. The summed E-state index contributed by atoms with van der Waals surface area (Å²) in [6, 6.07) is 0.916. The minimum atomic E-state index is 0. The molecule has 3 N–H and O–H groups in total. The van der Waals surface area contributed by atoms with Crippen LogP contribution in [0.5, 0.6) is 0 Å². The summed E-state index contributed by atoms with van der Waals surface area (Å²) in [5.41, 5.74) is 6.06. The molecule has 1 amide bonds. The second kappa shape index (κ2) is 9.96. The molecule has 0 spiro atoms. The first-order valence-electron chi connectivity index (χ1n) is 8.24. The largest absolute Gasteiger partial charge is 0.353 e. The normalized spacial score (nSPS) is 28.1. The molecule has 2 unspecified atom stereocenters. The maximum atomic E-state index is 12.4. The van der Waals surface area contributed by atoms with Gasteiger partial charge in [0.25, 0.3) is 0 Å². The van der Waals surface area contributed by atoms with Crippen LogP contribution < -0.4 is 11.1 Å². The van der Waals surface area contributed by atoms with E-state index in [1.165, 1.54) is 19.3 Å². The monoisotopic (exact) mass is 353 g/mol. The van der Waals surface area contributed by atoms with Crippen LogP contribution in [0.25, 0.3) is 0 Å². The molecule has 132 valence electrons. The lowest BCUT2D eigenvalue weighted by molar-refractivity contribution is -0.125. The summed E-state index contributed by atoms with van der Waals surface area (Å²) in [4.78, 5) is 14.7. The van der Waals surface area contributed by atoms with Crippen LogP contribution in [-0.4, -0.2) is 43.0 Å². The smallest absolute Gasteiger partial charge is 0.220 e. The van der Waals surface area contributed by atoms with E-state index in [4.69, 9.17) is 5.73 Å². The fourth-order valence-corrected chi connectivity index (χ4v) is 3.79. The van der Waals surface area contributed by atoms with Crippen molar-refractivity contribution in [3.8, 4) is 0 Å². The van der Waals surface area contributed by atoms with E-state index in [0.717, 1.165) is 32.2 Å². The summed E-state index contributed by atoms with van der Waals surface area (Å²) in [5, 5.41) is 3.26. The molecule has 1 aliphatic heterocycles. The molecule has 6 heteroatoms. The molecule has 2 rings (SSSR count). The van der Waals surface area contributed by atoms with Gasteiger partial charge < -0.3 is 16.0 Å². The van der Waals surface area contributed by atoms with Crippen molar-refractivity contribution in [3.05, 3.63) is 0 Å². The maximum Gasteiger partial charge on any atom is 0.220 e. The van der Waals surface area contributed by atoms with Gasteiger partial charge in [0.1, 0.15) is 0 Å². The van der Waals surface area contributed by atoms with Gasteiger partial charge in [-0.15, -0.1) is 24.8 Å². The number of nitrogens with one attached hydrogen (secondary N) is 1. The first-order valence-corrected chi connectivity index (χ1v) is 8.24. The van der Waals surface area contributed by atoms with E-state index < -0.39 is 0 Å². The first-order chi connectivity index (χ1) is 9.54. The molecule has 22 heavy (non-hydrogen) atoms. The van der Waals surface area contributed by atoms with Crippen LogP contribution in [0, 0.1) is 5.41 Å². The zero-order valence-corrected chi connectivity index (χ0v) is 15.6. The van der Waals surface area contributed by atoms with Crippen LogP contribution in [0.3, 0.4) is 0 Å². The van der Waals surface area contributed by atoms with Crippen LogP contribution in [0.1, 0.15) is 58.3 Å². The number of rotatable bonds is 4. The lowest BCUT2D eigenvalue weighted by Gasteiger charge is -2.38. The van der Waals surface area contributed by atoms with Crippen LogP contribution in [0.2, 0.25) is 0 Å². The van der Waals surface area contributed by atoms with Crippen molar-refractivity contribution in [2.24, 2.45) is 11.1 Å². The fraction of sp³-hybridized carbons (Fsp3) is 0.938. The van der Waals surface area contributed by atoms with Gasteiger partial charge >= 0.3 is 0 Å². The zero-order valence-electron chi connectivity index (χ0n) is 14.0. The molecular formula is C16H33Cl2N3O. The number of likely N-dealkylation sites (tertiary alicyclic amines) is 1. The number of nitrogens with zero attached hydrogens (tertiary/aromatic N) is 1. The molecule has 1 aliphatic carbocycles. The van der Waals surface area contributed by atoms with E-state index in [1.807, 2.05) is 0 Å². The predicted molar refractivity (Wildman–Crippen MR) is 96.9 cm³/mol. The van der Waals surface area contributed by atoms with E-state index >= 15 is 0 Å². The summed E-state index contributed by atoms with van der Waals surface area (Å²) in [6.07, 6.45) is 8.78. The van der Waals surface area contributed by atoms with Crippen molar-refractivity contribution in [2.45, 2.75) is 70.4 Å². The third kappa shape index (κ3) is 5.88. The number of carbonyl (C=O) groups excluding carboxylic acids is 1. The average molecular weight is 354 g/mol. The summed E-state index contributed by atoms with van der Waals surface area (Å²) >= 11 is 0. The number of amides is 1. The molecule has 0 bridgehead atoms. The molecule has 0 aromatic carbocycles. The number of hydrogen-bond acceptors (Lipinski definition) is 3. The SMILES string of the molecule is CC1CC(NC(=O)CC2(CN)CCCCC2)CCN1C.Cl.Cl. The average Bonchev–Trinajstić information content (AvgIpc) is 2.44. The third-order valence-corrected chi connectivity index (χ3v) is 5.46. The first kappa shape index (κ1) is 22.0. The van der Waals surface area contributed by atoms with E-state index in [0.29, 0.717) is 25.0 Å². The van der Waals surface area contributed by atoms with Gasteiger partial charge in [0.2, 0.25) is 5.91 Å². The van der Waals surface area contributed by atoms with Gasteiger partial charge in [0, 0.05) is 25.0 Å². The lowest BCUT2D eigenvalue weighted by atomic mass is 9.71. The van der Waals surface area contributed by atoms with E-state index in [-0.39, 0.29) is 36.1 Å². The molecule has 1 saturated carbocycles. The molecule has 2 fully saturated rings. The molecule has 0 radical (unpaired) electrons. The highest BCUT2D eigenvalue weighted by atomic mass is 35.5. The summed E-state index contributed by atoms with van der Waals surface area (Å²) in [7, 11) is 2.16. The van der Waals surface area contributed by atoms with Crippen molar-refractivity contribution >= 4 is 30.7 Å². The summed E-state index contributed by atoms with van der Waals surface area (Å²) in [6.45, 7) is 3.97. The van der Waals surface area contributed by atoms with Crippen LogP contribution in [0.15, 0.2) is 0 Å². The second-order valence-electron chi connectivity index (χ2n) is 7.06. The number of piperidine rings is 1. The minimum absolute atomic E-state index is 0. The second-order valence-corrected chi connectivity index (χ2v) is 7.06. The Balaban J connectivity index is 0.00000220. The molecule has 2 aliphatic rings. The Labute approximate surface area is 147 Å². The number of halogens is 2. The zero-order chi connectivity index (χ0) is 14.6. The van der Waals surface area contributed by atoms with E-state index in [2.05, 4.69) is 24.2 Å². The quantitative estimate of drug-likeness (QED) is 0.816. The van der Waals surface area contributed by atoms with Crippen molar-refractivity contribution < 1.29 is 4.79 Å². The van der Waals surface area contributed by atoms with Gasteiger partial charge in [-0.1, -0.05) is 19.3 Å². The van der Waals surface area contributed by atoms with Gasteiger partial charge in [-0.25, -0.2) is 0 Å². The van der Waals surface area contributed by atoms with Crippen LogP contribution in [-0.2, 0) is 4.79 Å². The molecule has 4 nitrogen and oxygen atoms in total. The molecule has 0 aromatic heterocycles. The minimum Gasteiger partial charge on any atom is -0.353 e. The van der Waals surface area contributed by atoms with Gasteiger partial charge in [-0.05, 0) is 51.6 Å². The Morgan fingerprint density at radius 3 is 2.45 bits per heavy atom. The van der Waals surface area contributed by atoms with Gasteiger partial charge in [-0.2, -0.15) is 0 Å². The van der Waals surface area contributed by atoms with Crippen LogP contribution >= 0.6 is 24.8 Å².